The predicted molar refractivity (Wildman–Crippen MR) is 104 cm³/mol. The number of rotatable bonds is 6. The predicted octanol–water partition coefficient (Wildman–Crippen LogP) is 4.42. The standard InChI is InChI=1S/C22H35NO2/c1-18(2)22(24)12-10-21(11-13-22)14-15-23(17-21)20-8-6-19(7-9-20)5-4-16-25-3/h6-9,18,24H,4-5,10-17H2,1-3H3. The topological polar surface area (TPSA) is 32.7 Å². The van der Waals surface area contributed by atoms with E-state index in [4.69, 9.17) is 4.74 Å². The highest BCUT2D eigenvalue weighted by molar-refractivity contribution is 5.49. The van der Waals surface area contributed by atoms with E-state index in [1.807, 2.05) is 0 Å². The molecular formula is C22H35NO2. The maximum absolute atomic E-state index is 10.8. The Morgan fingerprint density at radius 3 is 2.36 bits per heavy atom. The Hall–Kier alpha value is -1.06. The first-order valence-electron chi connectivity index (χ1n) is 10.0. The summed E-state index contributed by atoms with van der Waals surface area (Å²) < 4.78 is 5.14. The molecule has 0 aromatic heterocycles. The molecule has 25 heavy (non-hydrogen) atoms. The first-order chi connectivity index (χ1) is 12.0. The summed E-state index contributed by atoms with van der Waals surface area (Å²) in [7, 11) is 1.76. The fourth-order valence-corrected chi connectivity index (χ4v) is 4.65. The number of benzene rings is 1. The van der Waals surface area contributed by atoms with E-state index >= 15 is 0 Å². The normalized spacial score (nSPS) is 29.7. The Kier molecular flexibility index (Phi) is 5.75. The largest absolute Gasteiger partial charge is 0.390 e. The van der Waals surface area contributed by atoms with Crippen molar-refractivity contribution in [1.82, 2.24) is 0 Å². The van der Waals surface area contributed by atoms with Gasteiger partial charge in [-0.1, -0.05) is 26.0 Å². The van der Waals surface area contributed by atoms with Crippen molar-refractivity contribution in [2.24, 2.45) is 11.3 Å². The van der Waals surface area contributed by atoms with Gasteiger partial charge in [-0.25, -0.2) is 0 Å². The van der Waals surface area contributed by atoms with Crippen LogP contribution in [0.1, 0.15) is 57.9 Å². The number of anilines is 1. The van der Waals surface area contributed by atoms with Crippen LogP contribution in [0.5, 0.6) is 0 Å². The van der Waals surface area contributed by atoms with Crippen LogP contribution < -0.4 is 4.90 Å². The molecule has 2 aliphatic rings. The summed E-state index contributed by atoms with van der Waals surface area (Å²) in [5, 5.41) is 10.8. The van der Waals surface area contributed by atoms with Crippen molar-refractivity contribution in [2.45, 2.75) is 64.4 Å². The lowest BCUT2D eigenvalue weighted by Gasteiger charge is -2.44. The second-order valence-electron chi connectivity index (χ2n) is 8.69. The second kappa shape index (κ2) is 7.67. The van der Waals surface area contributed by atoms with E-state index in [-0.39, 0.29) is 0 Å². The maximum atomic E-state index is 10.8. The highest BCUT2D eigenvalue weighted by Crippen LogP contribution is 2.49. The second-order valence-corrected chi connectivity index (χ2v) is 8.69. The molecular weight excluding hydrogens is 310 g/mol. The van der Waals surface area contributed by atoms with Crippen LogP contribution in [0.25, 0.3) is 0 Å². The van der Waals surface area contributed by atoms with Crippen molar-refractivity contribution in [1.29, 1.82) is 0 Å². The molecule has 0 radical (unpaired) electrons. The van der Waals surface area contributed by atoms with E-state index in [0.717, 1.165) is 45.4 Å². The zero-order valence-corrected chi connectivity index (χ0v) is 16.3. The van der Waals surface area contributed by atoms with Crippen molar-refractivity contribution >= 4 is 5.69 Å². The summed E-state index contributed by atoms with van der Waals surface area (Å²) in [5.41, 5.74) is 2.76. The van der Waals surface area contributed by atoms with Crippen LogP contribution in [0, 0.1) is 11.3 Å². The fraction of sp³-hybridized carbons (Fsp3) is 0.727. The van der Waals surface area contributed by atoms with Crippen molar-refractivity contribution in [3.8, 4) is 0 Å². The molecule has 1 aliphatic carbocycles. The van der Waals surface area contributed by atoms with Crippen molar-refractivity contribution in [3.05, 3.63) is 29.8 Å². The Labute approximate surface area is 153 Å². The van der Waals surface area contributed by atoms with Gasteiger partial charge in [-0.2, -0.15) is 0 Å². The summed E-state index contributed by atoms with van der Waals surface area (Å²) in [5.74, 6) is 0.369. The summed E-state index contributed by atoms with van der Waals surface area (Å²) in [6.07, 6.45) is 7.73. The highest BCUT2D eigenvalue weighted by Gasteiger charge is 2.46. The smallest absolute Gasteiger partial charge is 0.0671 e. The minimum absolute atomic E-state index is 0.369. The first kappa shape index (κ1) is 18.7. The third-order valence-electron chi connectivity index (χ3n) is 6.80. The van der Waals surface area contributed by atoms with Crippen molar-refractivity contribution in [3.63, 3.8) is 0 Å². The molecule has 1 aliphatic heterocycles. The molecule has 3 nitrogen and oxygen atoms in total. The molecule has 1 aromatic carbocycles. The van der Waals surface area contributed by atoms with E-state index < -0.39 is 5.60 Å². The molecule has 1 spiro atoms. The van der Waals surface area contributed by atoms with Crippen LogP contribution in [0.15, 0.2) is 24.3 Å². The average molecular weight is 346 g/mol. The van der Waals surface area contributed by atoms with Crippen LogP contribution >= 0.6 is 0 Å². The Bertz CT molecular complexity index is 544. The summed E-state index contributed by atoms with van der Waals surface area (Å²) in [4.78, 5) is 2.55. The SMILES string of the molecule is COCCCc1ccc(N2CCC3(CCC(O)(C(C)C)CC3)C2)cc1. The molecule has 3 rings (SSSR count). The van der Waals surface area contributed by atoms with E-state index in [0.29, 0.717) is 11.3 Å². The van der Waals surface area contributed by atoms with Gasteiger partial charge in [0.05, 0.1) is 5.60 Å². The molecule has 1 aromatic rings. The van der Waals surface area contributed by atoms with Gasteiger partial charge < -0.3 is 14.7 Å². The van der Waals surface area contributed by atoms with Crippen LogP contribution in [0.3, 0.4) is 0 Å². The Balaban J connectivity index is 1.56. The third kappa shape index (κ3) is 4.20. The van der Waals surface area contributed by atoms with E-state index in [2.05, 4.69) is 43.0 Å². The number of hydrogen-bond donors (Lipinski definition) is 1. The van der Waals surface area contributed by atoms with E-state index in [9.17, 15) is 5.11 Å². The number of aryl methyl sites for hydroxylation is 1. The molecule has 1 N–H and O–H groups in total. The Morgan fingerprint density at radius 1 is 1.08 bits per heavy atom. The average Bonchev–Trinajstić information content (AvgIpc) is 3.03. The van der Waals surface area contributed by atoms with Crippen molar-refractivity contribution < 1.29 is 9.84 Å². The lowest BCUT2D eigenvalue weighted by atomic mass is 9.65. The quantitative estimate of drug-likeness (QED) is 0.775. The molecule has 1 saturated carbocycles. The van der Waals surface area contributed by atoms with Gasteiger partial charge in [-0.15, -0.1) is 0 Å². The lowest BCUT2D eigenvalue weighted by Crippen LogP contribution is -2.43. The monoisotopic (exact) mass is 345 g/mol. The zero-order valence-electron chi connectivity index (χ0n) is 16.3. The summed E-state index contributed by atoms with van der Waals surface area (Å²) in [6.45, 7) is 7.46. The molecule has 3 heteroatoms. The molecule has 0 atom stereocenters. The minimum atomic E-state index is -0.428. The number of nitrogens with zero attached hydrogens (tertiary/aromatic N) is 1. The van der Waals surface area contributed by atoms with Gasteiger partial charge >= 0.3 is 0 Å². The van der Waals surface area contributed by atoms with Gasteiger partial charge in [-0.3, -0.25) is 0 Å². The number of hydrogen-bond acceptors (Lipinski definition) is 3. The zero-order chi connectivity index (χ0) is 17.9. The van der Waals surface area contributed by atoms with Gasteiger partial charge in [-0.05, 0) is 74.0 Å². The summed E-state index contributed by atoms with van der Waals surface area (Å²) in [6, 6.07) is 9.12. The molecule has 140 valence electrons. The molecule has 0 amide bonds. The van der Waals surface area contributed by atoms with Gasteiger partial charge in [0.1, 0.15) is 0 Å². The van der Waals surface area contributed by atoms with Gasteiger partial charge in [0.15, 0.2) is 0 Å². The Morgan fingerprint density at radius 2 is 1.76 bits per heavy atom. The highest BCUT2D eigenvalue weighted by atomic mass is 16.5. The fourth-order valence-electron chi connectivity index (χ4n) is 4.65. The minimum Gasteiger partial charge on any atom is -0.390 e. The van der Waals surface area contributed by atoms with E-state index in [1.54, 1.807) is 7.11 Å². The van der Waals surface area contributed by atoms with Gasteiger partial charge in [0.25, 0.3) is 0 Å². The number of ether oxygens (including phenoxy) is 1. The summed E-state index contributed by atoms with van der Waals surface area (Å²) >= 11 is 0. The third-order valence-corrected chi connectivity index (χ3v) is 6.80. The molecule has 0 unspecified atom stereocenters. The maximum Gasteiger partial charge on any atom is 0.0671 e. The number of methoxy groups -OCH3 is 1. The van der Waals surface area contributed by atoms with Crippen LogP contribution in [-0.4, -0.2) is 37.5 Å². The van der Waals surface area contributed by atoms with Crippen LogP contribution in [0.4, 0.5) is 5.69 Å². The first-order valence-corrected chi connectivity index (χ1v) is 10.0. The molecule has 0 bridgehead atoms. The van der Waals surface area contributed by atoms with Crippen LogP contribution in [0.2, 0.25) is 0 Å². The van der Waals surface area contributed by atoms with Gasteiger partial charge in [0, 0.05) is 32.5 Å². The molecule has 2 fully saturated rings. The van der Waals surface area contributed by atoms with Crippen molar-refractivity contribution in [2.75, 3.05) is 31.7 Å². The van der Waals surface area contributed by atoms with Crippen LogP contribution in [-0.2, 0) is 11.2 Å². The number of aliphatic hydroxyl groups is 1. The molecule has 1 heterocycles. The lowest BCUT2D eigenvalue weighted by molar-refractivity contribution is -0.0634. The van der Waals surface area contributed by atoms with E-state index in [1.165, 1.54) is 30.5 Å². The molecule has 1 saturated heterocycles. The van der Waals surface area contributed by atoms with Gasteiger partial charge in [0.2, 0.25) is 0 Å².